The Bertz CT molecular complexity index is 3000. The molecule has 0 bridgehead atoms. The third kappa shape index (κ3) is 8.86. The van der Waals surface area contributed by atoms with Crippen molar-refractivity contribution in [2.24, 2.45) is 5.16 Å². The Morgan fingerprint density at radius 2 is 1.36 bits per heavy atom. The number of hydrogen-bond donors (Lipinski definition) is 2. The Kier molecular flexibility index (Phi) is 12.7. The summed E-state index contributed by atoms with van der Waals surface area (Å²) < 4.78 is 7.66. The maximum absolute atomic E-state index is 14.3. The number of nitrogens with zero attached hydrogens (tertiary/aromatic N) is 4. The molecule has 11 nitrogen and oxygen atoms in total. The number of rotatable bonds is 15. The molecule has 8 aromatic rings. The number of amides is 2. The van der Waals surface area contributed by atoms with Crippen LogP contribution in [0.25, 0.3) is 10.2 Å². The van der Waals surface area contributed by atoms with Gasteiger partial charge < -0.3 is 20.2 Å². The van der Waals surface area contributed by atoms with Gasteiger partial charge in [0.15, 0.2) is 21.3 Å². The Labute approximate surface area is 403 Å². The van der Waals surface area contributed by atoms with E-state index >= 15 is 0 Å². The van der Waals surface area contributed by atoms with E-state index in [4.69, 9.17) is 19.5 Å². The second-order valence-electron chi connectivity index (χ2n) is 15.4. The maximum Gasteiger partial charge on any atom is 0.356 e. The zero-order valence-corrected chi connectivity index (χ0v) is 39.0. The Hall–Kier alpha value is -7.04. The fraction of sp³-hybridized carbons (Fsp3) is 0.115. The van der Waals surface area contributed by atoms with Crippen LogP contribution in [-0.2, 0) is 29.5 Å². The van der Waals surface area contributed by atoms with E-state index in [1.54, 1.807) is 28.1 Å². The van der Waals surface area contributed by atoms with E-state index in [1.807, 2.05) is 127 Å². The van der Waals surface area contributed by atoms with E-state index in [-0.39, 0.29) is 22.7 Å². The predicted octanol–water partition coefficient (Wildman–Crippen LogP) is 11.1. The minimum Gasteiger partial charge on any atom is -0.448 e. The topological polar surface area (TPSA) is 135 Å². The second-order valence-corrected chi connectivity index (χ2v) is 19.8. The van der Waals surface area contributed by atoms with Gasteiger partial charge in [-0.2, -0.15) is 0 Å². The molecule has 2 aromatic heterocycles. The number of esters is 1. The summed E-state index contributed by atoms with van der Waals surface area (Å²) in [5, 5.41) is 13.2. The van der Waals surface area contributed by atoms with Gasteiger partial charge in [-0.1, -0.05) is 175 Å². The van der Waals surface area contributed by atoms with Gasteiger partial charge in [-0.15, -0.1) is 34.4 Å². The van der Waals surface area contributed by atoms with Crippen LogP contribution in [0, 0.1) is 0 Å². The van der Waals surface area contributed by atoms with Crippen LogP contribution in [-0.4, -0.2) is 56.6 Å². The third-order valence-corrected chi connectivity index (χ3v) is 15.8. The van der Waals surface area contributed by atoms with Gasteiger partial charge in [0.2, 0.25) is 5.91 Å². The van der Waals surface area contributed by atoms with Crippen LogP contribution in [0.3, 0.4) is 0 Å². The quantitative estimate of drug-likeness (QED) is 0.0336. The van der Waals surface area contributed by atoms with Gasteiger partial charge in [-0.25, -0.2) is 14.8 Å². The highest BCUT2D eigenvalue weighted by atomic mass is 32.2. The number of fused-ring (bicyclic) bond motifs is 2. The molecular formula is C52H40N6O5S4. The lowest BCUT2D eigenvalue weighted by atomic mass is 9.77. The van der Waals surface area contributed by atoms with Crippen LogP contribution in [0.2, 0.25) is 0 Å². The predicted molar refractivity (Wildman–Crippen MR) is 268 cm³/mol. The number of thioether (sulfide) groups is 2. The molecule has 10 rings (SSSR count). The molecule has 0 radical (unpaired) electrons. The summed E-state index contributed by atoms with van der Waals surface area (Å²) in [6, 6.07) is 55.2. The van der Waals surface area contributed by atoms with E-state index in [0.29, 0.717) is 48.1 Å². The molecule has 67 heavy (non-hydrogen) atoms. The van der Waals surface area contributed by atoms with Crippen molar-refractivity contribution in [3.05, 3.63) is 219 Å². The summed E-state index contributed by atoms with van der Waals surface area (Å²) >= 11 is 5.66. The maximum atomic E-state index is 14.3. The summed E-state index contributed by atoms with van der Waals surface area (Å²) in [6.07, 6.45) is -0.329. The largest absolute Gasteiger partial charge is 0.448 e. The molecule has 2 N–H and O–H groups in total. The van der Waals surface area contributed by atoms with E-state index in [0.717, 1.165) is 27.8 Å². The number of oxime groups is 1. The normalized spacial score (nSPS) is 15.0. The SMILES string of the molecule is CO/N=C(\C(=O)Nc1cccc2nc(SC3=C(C(=O)OC(c4ccccc4)c4ccccc4)N4C(=O)CC4SC3)sc12)c1csc(NC(c2ccccc2)(c2ccccc2)c2ccccc2)n1. The molecule has 6 aromatic carbocycles. The van der Waals surface area contributed by atoms with Gasteiger partial charge >= 0.3 is 5.97 Å². The number of thiazole rings is 2. The minimum absolute atomic E-state index is 0.0155. The van der Waals surface area contributed by atoms with Crippen molar-refractivity contribution < 1.29 is 24.0 Å². The smallest absolute Gasteiger partial charge is 0.356 e. The van der Waals surface area contributed by atoms with Crippen molar-refractivity contribution >= 4 is 90.7 Å². The summed E-state index contributed by atoms with van der Waals surface area (Å²) in [4.78, 5) is 59.0. The van der Waals surface area contributed by atoms with Gasteiger partial charge in [0.1, 0.15) is 24.0 Å². The number of carbonyl (C=O) groups excluding carboxylic acids is 3. The minimum atomic E-state index is -0.829. The Morgan fingerprint density at radius 3 is 1.93 bits per heavy atom. The zero-order chi connectivity index (χ0) is 45.7. The van der Waals surface area contributed by atoms with Crippen LogP contribution in [0.5, 0.6) is 0 Å². The number of carbonyl (C=O) groups is 3. The first-order chi connectivity index (χ1) is 32.9. The number of aromatic nitrogens is 2. The molecule has 2 amide bonds. The molecule has 1 saturated heterocycles. The van der Waals surface area contributed by atoms with Gasteiger partial charge in [-0.3, -0.25) is 14.5 Å². The number of anilines is 2. The van der Waals surface area contributed by atoms with Crippen LogP contribution in [0.1, 0.15) is 46.0 Å². The lowest BCUT2D eigenvalue weighted by Crippen LogP contribution is -2.54. The average Bonchev–Trinajstić information content (AvgIpc) is 4.02. The number of nitrogens with one attached hydrogen (secondary N) is 2. The zero-order valence-electron chi connectivity index (χ0n) is 35.8. The summed E-state index contributed by atoms with van der Waals surface area (Å²) in [6.45, 7) is 0. The Balaban J connectivity index is 0.926. The van der Waals surface area contributed by atoms with E-state index < -0.39 is 23.5 Å². The van der Waals surface area contributed by atoms with Crippen molar-refractivity contribution in [1.29, 1.82) is 0 Å². The van der Waals surface area contributed by atoms with Gasteiger partial charge in [0.25, 0.3) is 5.91 Å². The van der Waals surface area contributed by atoms with Gasteiger partial charge in [0.05, 0.1) is 27.7 Å². The molecule has 0 spiro atoms. The van der Waals surface area contributed by atoms with E-state index in [9.17, 15) is 14.4 Å². The Morgan fingerprint density at radius 1 is 0.776 bits per heavy atom. The van der Waals surface area contributed by atoms with Crippen LogP contribution in [0.15, 0.2) is 195 Å². The molecule has 1 unspecified atom stereocenters. The second kappa shape index (κ2) is 19.4. The van der Waals surface area contributed by atoms with Crippen molar-refractivity contribution in [3.8, 4) is 0 Å². The number of β-lactam (4-membered cyclic amide) rings is 1. The van der Waals surface area contributed by atoms with Crippen molar-refractivity contribution in [1.82, 2.24) is 14.9 Å². The van der Waals surface area contributed by atoms with Gasteiger partial charge in [0, 0.05) is 16.0 Å². The molecule has 0 saturated carbocycles. The first kappa shape index (κ1) is 43.8. The lowest BCUT2D eigenvalue weighted by Gasteiger charge is -2.44. The fourth-order valence-electron chi connectivity index (χ4n) is 8.24. The first-order valence-electron chi connectivity index (χ1n) is 21.3. The monoisotopic (exact) mass is 956 g/mol. The van der Waals surface area contributed by atoms with E-state index in [1.165, 1.54) is 41.5 Å². The highest BCUT2D eigenvalue weighted by molar-refractivity contribution is 8.07. The molecule has 332 valence electrons. The average molecular weight is 957 g/mol. The van der Waals surface area contributed by atoms with Crippen molar-refractivity contribution in [2.75, 3.05) is 23.5 Å². The third-order valence-electron chi connectivity index (χ3n) is 11.4. The summed E-state index contributed by atoms with van der Waals surface area (Å²) in [7, 11) is 1.39. The van der Waals surface area contributed by atoms with E-state index in [2.05, 4.69) is 52.2 Å². The molecule has 1 atom stereocenters. The van der Waals surface area contributed by atoms with Gasteiger partial charge in [-0.05, 0) is 39.9 Å². The highest BCUT2D eigenvalue weighted by Crippen LogP contribution is 2.48. The summed E-state index contributed by atoms with van der Waals surface area (Å²) in [5.74, 6) is -0.746. The van der Waals surface area contributed by atoms with Crippen molar-refractivity contribution in [3.63, 3.8) is 0 Å². The lowest BCUT2D eigenvalue weighted by molar-refractivity contribution is -0.151. The molecule has 1 fully saturated rings. The summed E-state index contributed by atoms with van der Waals surface area (Å²) in [5.41, 5.74) is 5.54. The molecule has 2 aliphatic heterocycles. The standard InChI is InChI=1S/C52H40N6O5S4/c1-62-57-44(40-31-65-50(54-40)56-52(35-22-11-4-12-23-35,36-24-13-5-14-25-36)37-26-15-6-16-27-37)48(60)53-38-28-17-29-39-47(38)67-51(55-39)66-41-32-64-43-30-42(59)58(43)45(41)49(61)63-46(33-18-7-2-8-19-33)34-20-9-3-10-21-34/h2-29,31,43,46H,30,32H2,1H3,(H,53,60)(H,54,56)/b57-44-. The first-order valence-corrected chi connectivity index (χ1v) is 24.8. The molecule has 4 heterocycles. The number of benzene rings is 6. The van der Waals surface area contributed by atoms with Crippen molar-refractivity contribution in [2.45, 2.75) is 27.8 Å². The van der Waals surface area contributed by atoms with Crippen LogP contribution in [0.4, 0.5) is 10.8 Å². The number of ether oxygens (including phenoxy) is 1. The fourth-order valence-corrected chi connectivity index (χ4v) is 12.7. The molecule has 15 heteroatoms. The molecule has 0 aliphatic carbocycles. The molecular weight excluding hydrogens is 917 g/mol. The number of hydrogen-bond acceptors (Lipinski definition) is 13. The van der Waals surface area contributed by atoms with Crippen LogP contribution >= 0.6 is 46.2 Å². The highest BCUT2D eigenvalue weighted by Gasteiger charge is 2.47. The van der Waals surface area contributed by atoms with Crippen LogP contribution < -0.4 is 10.6 Å². The molecule has 2 aliphatic rings.